The Hall–Kier alpha value is -1.39. The van der Waals surface area contributed by atoms with Crippen molar-refractivity contribution in [3.05, 3.63) is 33.1 Å². The summed E-state index contributed by atoms with van der Waals surface area (Å²) in [5.41, 5.74) is -1.90. The van der Waals surface area contributed by atoms with Crippen molar-refractivity contribution >= 4 is 7.60 Å². The van der Waals surface area contributed by atoms with Crippen molar-refractivity contribution in [1.82, 2.24) is 9.55 Å². The van der Waals surface area contributed by atoms with Crippen LogP contribution in [0, 0.1) is 0 Å². The Morgan fingerprint density at radius 3 is 2.57 bits per heavy atom. The molecular weight excluding hydrogens is 341 g/mol. The molecule has 2 heterocycles. The highest BCUT2D eigenvalue weighted by molar-refractivity contribution is 7.53. The average molecular weight is 356 g/mol. The predicted molar refractivity (Wildman–Crippen MR) is 72.7 cm³/mol. The number of aliphatic hydroxyl groups is 1. The Labute approximate surface area is 128 Å². The molecule has 9 nitrogen and oxygen atoms in total. The number of H-pyrrole nitrogens is 1. The van der Waals surface area contributed by atoms with Gasteiger partial charge in [0, 0.05) is 26.5 Å². The van der Waals surface area contributed by atoms with Crippen LogP contribution < -0.4 is 11.2 Å². The minimum absolute atomic E-state index is 0.440. The number of hydrogen-bond donors (Lipinski definition) is 2. The van der Waals surface area contributed by atoms with Crippen molar-refractivity contribution in [1.29, 1.82) is 0 Å². The quantitative estimate of drug-likeness (QED) is 0.708. The highest BCUT2D eigenvalue weighted by Gasteiger charge is 2.60. The second kappa shape index (κ2) is 6.25. The number of aromatic amines is 1. The lowest BCUT2D eigenvalue weighted by molar-refractivity contribution is -0.140. The van der Waals surface area contributed by atoms with Gasteiger partial charge in [-0.05, 0) is 0 Å². The van der Waals surface area contributed by atoms with Crippen molar-refractivity contribution in [2.45, 2.75) is 24.4 Å². The SMILES string of the molecule is COP(=O)(C[C@H]1O[C@@H](n2ccc(=O)[nH]c2=O)C(F)(F)[C@@H]1O)OC. The van der Waals surface area contributed by atoms with E-state index in [0.29, 0.717) is 4.57 Å². The van der Waals surface area contributed by atoms with Crippen LogP contribution in [0.25, 0.3) is 0 Å². The molecule has 2 rings (SSSR count). The lowest BCUT2D eigenvalue weighted by Gasteiger charge is -2.21. The van der Waals surface area contributed by atoms with Crippen LogP contribution in [0.3, 0.4) is 0 Å². The van der Waals surface area contributed by atoms with E-state index in [-0.39, 0.29) is 0 Å². The van der Waals surface area contributed by atoms with Crippen molar-refractivity contribution in [3.8, 4) is 0 Å². The fourth-order valence-corrected chi connectivity index (χ4v) is 3.35. The van der Waals surface area contributed by atoms with Crippen molar-refractivity contribution < 1.29 is 32.2 Å². The molecule has 1 aromatic heterocycles. The zero-order valence-corrected chi connectivity index (χ0v) is 13.0. The number of alkyl halides is 2. The average Bonchev–Trinajstić information content (AvgIpc) is 2.71. The van der Waals surface area contributed by atoms with Crippen LogP contribution in [0.1, 0.15) is 6.23 Å². The third-order valence-electron chi connectivity index (χ3n) is 3.44. The van der Waals surface area contributed by atoms with E-state index in [9.17, 15) is 28.0 Å². The molecule has 1 aromatic rings. The van der Waals surface area contributed by atoms with Crippen molar-refractivity contribution in [3.63, 3.8) is 0 Å². The summed E-state index contributed by atoms with van der Waals surface area (Å²) < 4.78 is 55.1. The van der Waals surface area contributed by atoms with Gasteiger partial charge in [0.1, 0.15) is 12.2 Å². The van der Waals surface area contributed by atoms with Gasteiger partial charge >= 0.3 is 19.2 Å². The number of ether oxygens (including phenoxy) is 1. The molecule has 130 valence electrons. The first-order chi connectivity index (χ1) is 10.6. The number of aromatic nitrogens is 2. The summed E-state index contributed by atoms with van der Waals surface area (Å²) in [5.74, 6) is -3.86. The zero-order valence-electron chi connectivity index (χ0n) is 12.1. The van der Waals surface area contributed by atoms with Gasteiger partial charge in [-0.3, -0.25) is 18.9 Å². The molecule has 3 atom stereocenters. The van der Waals surface area contributed by atoms with Gasteiger partial charge in [0.15, 0.2) is 0 Å². The number of halogens is 2. The van der Waals surface area contributed by atoms with Crippen LogP contribution in [0.4, 0.5) is 8.78 Å². The summed E-state index contributed by atoms with van der Waals surface area (Å²) in [6, 6.07) is 0.857. The van der Waals surface area contributed by atoms with E-state index in [2.05, 4.69) is 9.05 Å². The van der Waals surface area contributed by atoms with Crippen molar-refractivity contribution in [2.75, 3.05) is 20.4 Å². The molecule has 0 amide bonds. The highest BCUT2D eigenvalue weighted by Crippen LogP contribution is 2.52. The van der Waals surface area contributed by atoms with Crippen LogP contribution >= 0.6 is 7.60 Å². The van der Waals surface area contributed by atoms with Gasteiger partial charge in [0.05, 0.1) is 6.16 Å². The van der Waals surface area contributed by atoms with E-state index in [1.165, 1.54) is 0 Å². The number of rotatable bonds is 5. The normalized spacial score (nSPS) is 27.3. The second-order valence-electron chi connectivity index (χ2n) is 4.82. The van der Waals surface area contributed by atoms with E-state index < -0.39 is 49.4 Å². The van der Waals surface area contributed by atoms with Gasteiger partial charge in [0.25, 0.3) is 5.56 Å². The summed E-state index contributed by atoms with van der Waals surface area (Å²) >= 11 is 0. The zero-order chi connectivity index (χ0) is 17.4. The van der Waals surface area contributed by atoms with Gasteiger partial charge < -0.3 is 18.9 Å². The van der Waals surface area contributed by atoms with Crippen LogP contribution in [0.5, 0.6) is 0 Å². The fourth-order valence-electron chi connectivity index (χ4n) is 2.17. The van der Waals surface area contributed by atoms with E-state index in [0.717, 1.165) is 26.5 Å². The van der Waals surface area contributed by atoms with Gasteiger partial charge in [-0.25, -0.2) is 4.79 Å². The molecular formula is C11H15F2N2O7P. The van der Waals surface area contributed by atoms with Crippen LogP contribution in [0.15, 0.2) is 21.9 Å². The number of nitrogens with zero attached hydrogens (tertiary/aromatic N) is 1. The van der Waals surface area contributed by atoms with Crippen molar-refractivity contribution in [2.24, 2.45) is 0 Å². The second-order valence-corrected chi connectivity index (χ2v) is 7.14. The van der Waals surface area contributed by atoms with Gasteiger partial charge in [-0.2, -0.15) is 8.78 Å². The van der Waals surface area contributed by atoms with Crippen LogP contribution in [-0.2, 0) is 18.3 Å². The Balaban J connectivity index is 2.35. The maximum absolute atomic E-state index is 14.2. The summed E-state index contributed by atoms with van der Waals surface area (Å²) in [5, 5.41) is 9.75. The summed E-state index contributed by atoms with van der Waals surface area (Å²) in [7, 11) is -1.60. The topological polar surface area (TPSA) is 120 Å². The maximum Gasteiger partial charge on any atom is 0.332 e. The lowest BCUT2D eigenvalue weighted by Crippen LogP contribution is -2.42. The van der Waals surface area contributed by atoms with E-state index >= 15 is 0 Å². The molecule has 23 heavy (non-hydrogen) atoms. The molecule has 1 aliphatic heterocycles. The first-order valence-corrected chi connectivity index (χ1v) is 8.11. The largest absolute Gasteiger partial charge is 0.384 e. The molecule has 1 aliphatic rings. The molecule has 0 saturated carbocycles. The van der Waals surface area contributed by atoms with E-state index in [1.54, 1.807) is 4.98 Å². The number of nitrogens with one attached hydrogen (secondary N) is 1. The molecule has 0 aromatic carbocycles. The molecule has 0 unspecified atom stereocenters. The number of hydrogen-bond acceptors (Lipinski definition) is 7. The fraction of sp³-hybridized carbons (Fsp3) is 0.636. The molecule has 1 fully saturated rings. The lowest BCUT2D eigenvalue weighted by atomic mass is 10.1. The van der Waals surface area contributed by atoms with Crippen LogP contribution in [0.2, 0.25) is 0 Å². The third-order valence-corrected chi connectivity index (χ3v) is 5.36. The molecule has 0 spiro atoms. The van der Waals surface area contributed by atoms with E-state index in [4.69, 9.17) is 4.74 Å². The molecule has 0 aliphatic carbocycles. The first kappa shape index (κ1) is 18.0. The van der Waals surface area contributed by atoms with Crippen LogP contribution in [-0.4, -0.2) is 53.2 Å². The minimum Gasteiger partial charge on any atom is -0.384 e. The molecule has 12 heteroatoms. The highest BCUT2D eigenvalue weighted by atomic mass is 31.2. The van der Waals surface area contributed by atoms with E-state index in [1.807, 2.05) is 0 Å². The third kappa shape index (κ3) is 3.29. The Bertz CT molecular complexity index is 726. The molecule has 0 radical (unpaired) electrons. The molecule has 2 N–H and O–H groups in total. The Kier molecular flexibility index (Phi) is 4.88. The maximum atomic E-state index is 14.2. The molecule has 0 bridgehead atoms. The predicted octanol–water partition coefficient (Wildman–Crippen LogP) is -0.0839. The summed E-state index contributed by atoms with van der Waals surface area (Å²) in [4.78, 5) is 24.4. The van der Waals surface area contributed by atoms with Gasteiger partial charge in [-0.15, -0.1) is 0 Å². The molecule has 1 saturated heterocycles. The summed E-state index contributed by atoms with van der Waals surface area (Å²) in [6.07, 6.45) is -5.93. The first-order valence-electron chi connectivity index (χ1n) is 6.38. The summed E-state index contributed by atoms with van der Waals surface area (Å²) in [6.45, 7) is 0. The number of aliphatic hydroxyl groups excluding tert-OH is 1. The monoisotopic (exact) mass is 356 g/mol. The standard InChI is InChI=1S/C11H15F2N2O7P/c1-20-23(19,21-2)5-6-8(17)11(12,13)9(22-6)15-4-3-7(16)14-10(15)18/h3-4,6,8-9,17H,5H2,1-2H3,(H,14,16,18)/t6-,8-,9-/m1/s1. The Morgan fingerprint density at radius 1 is 1.43 bits per heavy atom. The Morgan fingerprint density at radius 2 is 2.04 bits per heavy atom. The smallest absolute Gasteiger partial charge is 0.332 e. The minimum atomic E-state index is -3.86. The van der Waals surface area contributed by atoms with Gasteiger partial charge in [-0.1, -0.05) is 0 Å². The van der Waals surface area contributed by atoms with Gasteiger partial charge in [0.2, 0.25) is 6.23 Å².